The quantitative estimate of drug-likeness (QED) is 0.427. The number of aromatic nitrogens is 2. The standard InChI is InChI=1S/C25H27F4N5O2/c1-3-33(12-11-32(2)24(36)21-13-19(26)9-10-22(21)25(27,28)29)23(35)16-30-14-18-15-31-34(17-18)20-7-5-4-6-8-20/h4-10,13,15,17,30H,3,11-12,14,16H2,1-2H3. The van der Waals surface area contributed by atoms with Crippen LogP contribution in [0.2, 0.25) is 0 Å². The Morgan fingerprint density at radius 3 is 2.47 bits per heavy atom. The number of alkyl halides is 3. The number of carbonyl (C=O) groups is 2. The molecule has 36 heavy (non-hydrogen) atoms. The zero-order valence-electron chi connectivity index (χ0n) is 19.9. The van der Waals surface area contributed by atoms with E-state index >= 15 is 0 Å². The number of nitrogens with zero attached hydrogens (tertiary/aromatic N) is 4. The molecule has 0 unspecified atom stereocenters. The summed E-state index contributed by atoms with van der Waals surface area (Å²) in [6.07, 6.45) is -1.24. The van der Waals surface area contributed by atoms with Gasteiger partial charge in [-0.1, -0.05) is 18.2 Å². The normalized spacial score (nSPS) is 11.4. The minimum Gasteiger partial charge on any atom is -0.340 e. The molecule has 0 spiro atoms. The van der Waals surface area contributed by atoms with Crippen molar-refractivity contribution in [2.24, 2.45) is 0 Å². The summed E-state index contributed by atoms with van der Waals surface area (Å²) in [5.74, 6) is -2.14. The largest absolute Gasteiger partial charge is 0.417 e. The Hall–Kier alpha value is -3.73. The van der Waals surface area contributed by atoms with E-state index < -0.39 is 29.0 Å². The van der Waals surface area contributed by atoms with Crippen molar-refractivity contribution in [1.82, 2.24) is 24.9 Å². The van der Waals surface area contributed by atoms with Gasteiger partial charge in [0.2, 0.25) is 5.91 Å². The molecule has 0 fully saturated rings. The number of halogens is 4. The number of carbonyl (C=O) groups excluding carboxylic acids is 2. The maximum atomic E-state index is 13.6. The highest BCUT2D eigenvalue weighted by Crippen LogP contribution is 2.32. The van der Waals surface area contributed by atoms with E-state index in [2.05, 4.69) is 10.4 Å². The molecular formula is C25H27F4N5O2. The molecule has 1 aromatic heterocycles. The molecular weight excluding hydrogens is 478 g/mol. The van der Waals surface area contributed by atoms with Gasteiger partial charge in [-0.3, -0.25) is 9.59 Å². The molecule has 0 radical (unpaired) electrons. The second-order valence-electron chi connectivity index (χ2n) is 8.12. The lowest BCUT2D eigenvalue weighted by molar-refractivity contribution is -0.138. The summed E-state index contributed by atoms with van der Waals surface area (Å²) >= 11 is 0. The van der Waals surface area contributed by atoms with Crippen molar-refractivity contribution >= 4 is 11.8 Å². The Kier molecular flexibility index (Phi) is 8.81. The summed E-state index contributed by atoms with van der Waals surface area (Å²) in [4.78, 5) is 27.8. The topological polar surface area (TPSA) is 70.5 Å². The number of likely N-dealkylation sites (N-methyl/N-ethyl adjacent to an activating group) is 2. The molecule has 0 saturated carbocycles. The van der Waals surface area contributed by atoms with Crippen LogP contribution in [0.25, 0.3) is 5.69 Å². The van der Waals surface area contributed by atoms with Crippen LogP contribution in [-0.4, -0.2) is 64.6 Å². The minimum atomic E-state index is -4.80. The van der Waals surface area contributed by atoms with Gasteiger partial charge in [-0.25, -0.2) is 9.07 Å². The van der Waals surface area contributed by atoms with Crippen molar-refractivity contribution in [2.45, 2.75) is 19.6 Å². The Balaban J connectivity index is 1.52. The second-order valence-corrected chi connectivity index (χ2v) is 8.12. The highest BCUT2D eigenvalue weighted by molar-refractivity contribution is 5.95. The van der Waals surface area contributed by atoms with Crippen LogP contribution in [0.3, 0.4) is 0 Å². The lowest BCUT2D eigenvalue weighted by atomic mass is 10.1. The highest BCUT2D eigenvalue weighted by atomic mass is 19.4. The Morgan fingerprint density at radius 1 is 1.08 bits per heavy atom. The molecule has 2 aromatic carbocycles. The fraction of sp³-hybridized carbons (Fsp3) is 0.320. The molecule has 1 heterocycles. The molecule has 192 valence electrons. The van der Waals surface area contributed by atoms with Crippen molar-refractivity contribution in [2.75, 3.05) is 33.2 Å². The van der Waals surface area contributed by atoms with E-state index in [1.54, 1.807) is 17.8 Å². The lowest BCUT2D eigenvalue weighted by Gasteiger charge is -2.25. The van der Waals surface area contributed by atoms with Crippen molar-refractivity contribution < 1.29 is 27.2 Å². The first-order valence-corrected chi connectivity index (χ1v) is 11.3. The van der Waals surface area contributed by atoms with E-state index in [1.807, 2.05) is 36.5 Å². The Morgan fingerprint density at radius 2 is 1.81 bits per heavy atom. The molecule has 3 rings (SSSR count). The third kappa shape index (κ3) is 6.91. The fourth-order valence-corrected chi connectivity index (χ4v) is 3.58. The molecule has 0 bridgehead atoms. The van der Waals surface area contributed by atoms with Crippen LogP contribution in [0.5, 0.6) is 0 Å². The molecule has 7 nitrogen and oxygen atoms in total. The van der Waals surface area contributed by atoms with Crippen LogP contribution < -0.4 is 5.32 Å². The molecule has 0 aliphatic rings. The van der Waals surface area contributed by atoms with Crippen molar-refractivity contribution in [1.29, 1.82) is 0 Å². The highest BCUT2D eigenvalue weighted by Gasteiger charge is 2.36. The lowest BCUT2D eigenvalue weighted by Crippen LogP contribution is -2.43. The summed E-state index contributed by atoms with van der Waals surface area (Å²) in [5, 5.41) is 7.36. The third-order valence-electron chi connectivity index (χ3n) is 5.57. The van der Waals surface area contributed by atoms with Crippen LogP contribution in [0, 0.1) is 5.82 Å². The predicted molar refractivity (Wildman–Crippen MR) is 126 cm³/mol. The molecule has 1 N–H and O–H groups in total. The molecule has 0 atom stereocenters. The van der Waals surface area contributed by atoms with Crippen molar-refractivity contribution in [3.05, 3.63) is 83.4 Å². The maximum absolute atomic E-state index is 13.6. The predicted octanol–water partition coefficient (Wildman–Crippen LogP) is 3.74. The molecule has 2 amide bonds. The summed E-state index contributed by atoms with van der Waals surface area (Å²) in [6, 6.07) is 11.4. The van der Waals surface area contributed by atoms with Gasteiger partial charge in [0.05, 0.1) is 29.6 Å². The van der Waals surface area contributed by atoms with Crippen LogP contribution in [0.4, 0.5) is 17.6 Å². The van der Waals surface area contributed by atoms with Crippen molar-refractivity contribution in [3.8, 4) is 5.69 Å². The van der Waals surface area contributed by atoms with Crippen LogP contribution >= 0.6 is 0 Å². The van der Waals surface area contributed by atoms with Crippen LogP contribution in [-0.2, 0) is 17.5 Å². The van der Waals surface area contributed by atoms with Gasteiger partial charge in [0.1, 0.15) is 5.82 Å². The fourth-order valence-electron chi connectivity index (χ4n) is 3.58. The van der Waals surface area contributed by atoms with E-state index in [0.29, 0.717) is 31.3 Å². The molecule has 0 aliphatic heterocycles. The SMILES string of the molecule is CCN(CCN(C)C(=O)c1cc(F)ccc1C(F)(F)F)C(=O)CNCc1cnn(-c2ccccc2)c1. The maximum Gasteiger partial charge on any atom is 0.417 e. The van der Waals surface area contributed by atoms with E-state index in [-0.39, 0.29) is 25.5 Å². The van der Waals surface area contributed by atoms with Crippen LogP contribution in [0.1, 0.15) is 28.4 Å². The first-order valence-electron chi connectivity index (χ1n) is 11.3. The molecule has 0 aliphatic carbocycles. The van der Waals surface area contributed by atoms with Gasteiger partial charge in [-0.05, 0) is 37.3 Å². The first-order chi connectivity index (χ1) is 17.1. The molecule has 0 saturated heterocycles. The van der Waals surface area contributed by atoms with Crippen LogP contribution in [0.15, 0.2) is 60.9 Å². The number of hydrogen-bond acceptors (Lipinski definition) is 4. The third-order valence-corrected chi connectivity index (χ3v) is 5.57. The summed E-state index contributed by atoms with van der Waals surface area (Å²) in [7, 11) is 1.31. The van der Waals surface area contributed by atoms with E-state index in [1.165, 1.54) is 11.9 Å². The number of amides is 2. The van der Waals surface area contributed by atoms with E-state index in [9.17, 15) is 27.2 Å². The van der Waals surface area contributed by atoms with E-state index in [4.69, 9.17) is 0 Å². The van der Waals surface area contributed by atoms with Crippen molar-refractivity contribution in [3.63, 3.8) is 0 Å². The van der Waals surface area contributed by atoms with Gasteiger partial charge in [0.15, 0.2) is 0 Å². The zero-order chi connectivity index (χ0) is 26.3. The average molecular weight is 506 g/mol. The number of rotatable bonds is 10. The van der Waals surface area contributed by atoms with Gasteiger partial charge < -0.3 is 15.1 Å². The van der Waals surface area contributed by atoms with Gasteiger partial charge >= 0.3 is 6.18 Å². The van der Waals surface area contributed by atoms with Gasteiger partial charge in [-0.15, -0.1) is 0 Å². The number of nitrogens with one attached hydrogen (secondary N) is 1. The first kappa shape index (κ1) is 26.9. The zero-order valence-corrected chi connectivity index (χ0v) is 19.9. The smallest absolute Gasteiger partial charge is 0.340 e. The monoisotopic (exact) mass is 505 g/mol. The number of hydrogen-bond donors (Lipinski definition) is 1. The summed E-state index contributed by atoms with van der Waals surface area (Å²) in [5.41, 5.74) is -0.173. The number of para-hydroxylation sites is 1. The van der Waals surface area contributed by atoms with E-state index in [0.717, 1.165) is 16.2 Å². The molecule has 11 heteroatoms. The van der Waals surface area contributed by atoms with Gasteiger partial charge in [0.25, 0.3) is 5.91 Å². The van der Waals surface area contributed by atoms with Gasteiger partial charge in [0, 0.05) is 45.0 Å². The summed E-state index contributed by atoms with van der Waals surface area (Å²) < 4.78 is 55.0. The number of benzene rings is 2. The summed E-state index contributed by atoms with van der Waals surface area (Å²) in [6.45, 7) is 2.65. The Labute approximate surface area is 206 Å². The molecule has 3 aromatic rings. The minimum absolute atomic E-state index is 0.0178. The van der Waals surface area contributed by atoms with Gasteiger partial charge in [-0.2, -0.15) is 18.3 Å². The second kappa shape index (κ2) is 11.8. The Bertz CT molecular complexity index is 1180. The average Bonchev–Trinajstić information content (AvgIpc) is 3.32.